The Balaban J connectivity index is 1.90. The lowest BCUT2D eigenvalue weighted by Gasteiger charge is -2.38. The second-order valence-electron chi connectivity index (χ2n) is 3.90. The molecule has 0 spiro atoms. The van der Waals surface area contributed by atoms with Crippen LogP contribution in [-0.2, 0) is 0 Å². The Kier molecular flexibility index (Phi) is 4.04. The normalized spacial score (nSPS) is 16.9. The Morgan fingerprint density at radius 3 is 2.89 bits per heavy atom. The number of likely N-dealkylation sites (tertiary alicyclic amines) is 1. The van der Waals surface area contributed by atoms with E-state index in [-0.39, 0.29) is 23.3 Å². The van der Waals surface area contributed by atoms with Crippen molar-refractivity contribution in [3.05, 3.63) is 15.3 Å². The fourth-order valence-electron chi connectivity index (χ4n) is 1.70. The molecule has 100 valence electrons. The standard InChI is InChI=1S/C10H10ClF2NO3S/c11-7-1-6(9(18-7)10(15)16)17-5-2-14(3-5)4-8(12)13/h1,5,8H,2-4H2,(H,15,16). The number of carboxylic acids is 1. The molecule has 4 nitrogen and oxygen atoms in total. The summed E-state index contributed by atoms with van der Waals surface area (Å²) in [5.74, 6) is -0.898. The molecule has 0 saturated carbocycles. The van der Waals surface area contributed by atoms with Crippen molar-refractivity contribution < 1.29 is 23.4 Å². The predicted octanol–water partition coefficient (Wildman–Crippen LogP) is 2.43. The molecule has 1 aromatic rings. The molecule has 1 saturated heterocycles. The third kappa shape index (κ3) is 3.09. The second-order valence-corrected chi connectivity index (χ2v) is 5.58. The van der Waals surface area contributed by atoms with E-state index in [1.54, 1.807) is 4.90 Å². The maximum atomic E-state index is 12.1. The molecule has 1 fully saturated rings. The Morgan fingerprint density at radius 1 is 1.67 bits per heavy atom. The molecule has 8 heteroatoms. The van der Waals surface area contributed by atoms with E-state index in [0.29, 0.717) is 17.4 Å². The van der Waals surface area contributed by atoms with Crippen molar-refractivity contribution in [1.29, 1.82) is 0 Å². The minimum atomic E-state index is -2.36. The lowest BCUT2D eigenvalue weighted by molar-refractivity contribution is -0.0166. The van der Waals surface area contributed by atoms with Crippen molar-refractivity contribution in [2.75, 3.05) is 19.6 Å². The zero-order valence-corrected chi connectivity index (χ0v) is 10.7. The molecular formula is C10H10ClF2NO3S. The van der Waals surface area contributed by atoms with Gasteiger partial charge in [-0.05, 0) is 0 Å². The third-order valence-corrected chi connectivity index (χ3v) is 3.71. The van der Waals surface area contributed by atoms with Crippen LogP contribution in [0.2, 0.25) is 4.34 Å². The number of hydrogen-bond donors (Lipinski definition) is 1. The van der Waals surface area contributed by atoms with Crippen molar-refractivity contribution >= 4 is 28.9 Å². The van der Waals surface area contributed by atoms with Crippen LogP contribution in [0.3, 0.4) is 0 Å². The van der Waals surface area contributed by atoms with Gasteiger partial charge < -0.3 is 9.84 Å². The number of carbonyl (C=O) groups is 1. The van der Waals surface area contributed by atoms with E-state index in [2.05, 4.69) is 0 Å². The Bertz CT molecular complexity index is 448. The van der Waals surface area contributed by atoms with Crippen molar-refractivity contribution in [2.24, 2.45) is 0 Å². The van der Waals surface area contributed by atoms with Crippen LogP contribution in [0, 0.1) is 0 Å². The Hall–Kier alpha value is -0.920. The minimum Gasteiger partial charge on any atom is -0.486 e. The molecule has 0 radical (unpaired) electrons. The smallest absolute Gasteiger partial charge is 0.349 e. The average molecular weight is 298 g/mol. The number of alkyl halides is 2. The summed E-state index contributed by atoms with van der Waals surface area (Å²) >= 11 is 6.64. The SMILES string of the molecule is O=C(O)c1sc(Cl)cc1OC1CN(CC(F)F)C1. The number of halogens is 3. The zero-order valence-electron chi connectivity index (χ0n) is 9.11. The summed E-state index contributed by atoms with van der Waals surface area (Å²) in [6.07, 6.45) is -2.62. The molecule has 0 atom stereocenters. The van der Waals surface area contributed by atoms with E-state index in [1.165, 1.54) is 6.07 Å². The van der Waals surface area contributed by atoms with E-state index in [0.717, 1.165) is 11.3 Å². The highest BCUT2D eigenvalue weighted by molar-refractivity contribution is 7.18. The minimum absolute atomic E-state index is 0.0345. The van der Waals surface area contributed by atoms with Gasteiger partial charge in [0.05, 0.1) is 10.9 Å². The molecule has 18 heavy (non-hydrogen) atoms. The van der Waals surface area contributed by atoms with Gasteiger partial charge in [0.15, 0.2) is 4.88 Å². The van der Waals surface area contributed by atoms with Crippen LogP contribution in [0.25, 0.3) is 0 Å². The number of thiophene rings is 1. The summed E-state index contributed by atoms with van der Waals surface area (Å²) in [6, 6.07) is 1.44. The maximum absolute atomic E-state index is 12.1. The lowest BCUT2D eigenvalue weighted by atomic mass is 10.1. The van der Waals surface area contributed by atoms with Gasteiger partial charge in [0.2, 0.25) is 0 Å². The van der Waals surface area contributed by atoms with Crippen molar-refractivity contribution in [3.63, 3.8) is 0 Å². The first-order chi connectivity index (χ1) is 8.45. The van der Waals surface area contributed by atoms with E-state index in [4.69, 9.17) is 21.4 Å². The monoisotopic (exact) mass is 297 g/mol. The molecule has 1 aliphatic heterocycles. The quantitative estimate of drug-likeness (QED) is 0.907. The molecule has 2 heterocycles. The molecule has 0 aromatic carbocycles. The van der Waals surface area contributed by atoms with Crippen LogP contribution in [0.4, 0.5) is 8.78 Å². The average Bonchev–Trinajstić information content (AvgIpc) is 2.55. The largest absolute Gasteiger partial charge is 0.486 e. The number of carboxylic acid groups (broad SMARTS) is 1. The molecular weight excluding hydrogens is 288 g/mol. The first-order valence-electron chi connectivity index (χ1n) is 5.15. The summed E-state index contributed by atoms with van der Waals surface area (Å²) in [5.41, 5.74) is 0. The van der Waals surface area contributed by atoms with Crippen LogP contribution in [0.5, 0.6) is 5.75 Å². The summed E-state index contributed by atoms with van der Waals surface area (Å²) in [4.78, 5) is 12.5. The fourth-order valence-corrected chi connectivity index (χ4v) is 2.69. The highest BCUT2D eigenvalue weighted by Gasteiger charge is 2.31. The van der Waals surface area contributed by atoms with Gasteiger partial charge in [0.25, 0.3) is 6.43 Å². The predicted molar refractivity (Wildman–Crippen MR) is 63.1 cm³/mol. The highest BCUT2D eigenvalue weighted by atomic mass is 35.5. The van der Waals surface area contributed by atoms with Gasteiger partial charge in [-0.3, -0.25) is 4.90 Å². The summed E-state index contributed by atoms with van der Waals surface area (Å²) < 4.78 is 29.9. The first-order valence-corrected chi connectivity index (χ1v) is 6.35. The third-order valence-electron chi connectivity index (χ3n) is 2.48. The van der Waals surface area contributed by atoms with Gasteiger partial charge >= 0.3 is 5.97 Å². The molecule has 0 amide bonds. The summed E-state index contributed by atoms with van der Waals surface area (Å²) in [7, 11) is 0. The molecule has 0 aliphatic carbocycles. The van der Waals surface area contributed by atoms with Crippen molar-refractivity contribution in [2.45, 2.75) is 12.5 Å². The number of ether oxygens (including phenoxy) is 1. The van der Waals surface area contributed by atoms with Gasteiger partial charge in [-0.2, -0.15) is 0 Å². The zero-order chi connectivity index (χ0) is 13.3. The van der Waals surface area contributed by atoms with E-state index < -0.39 is 12.4 Å². The number of rotatable bonds is 5. The summed E-state index contributed by atoms with van der Waals surface area (Å²) in [5, 5.41) is 8.92. The second kappa shape index (κ2) is 5.38. The van der Waals surface area contributed by atoms with Crippen molar-refractivity contribution in [1.82, 2.24) is 4.90 Å². The van der Waals surface area contributed by atoms with Crippen LogP contribution >= 0.6 is 22.9 Å². The van der Waals surface area contributed by atoms with Crippen molar-refractivity contribution in [3.8, 4) is 5.75 Å². The van der Waals surface area contributed by atoms with E-state index in [1.807, 2.05) is 0 Å². The molecule has 0 unspecified atom stereocenters. The van der Waals surface area contributed by atoms with Crippen LogP contribution < -0.4 is 4.74 Å². The molecule has 0 bridgehead atoms. The summed E-state index contributed by atoms with van der Waals surface area (Å²) in [6.45, 7) is 0.462. The van der Waals surface area contributed by atoms with Crippen LogP contribution in [0.15, 0.2) is 6.07 Å². The van der Waals surface area contributed by atoms with Gasteiger partial charge in [0, 0.05) is 19.2 Å². The van der Waals surface area contributed by atoms with Crippen LogP contribution in [-0.4, -0.2) is 48.1 Å². The number of aromatic carboxylic acids is 1. The highest BCUT2D eigenvalue weighted by Crippen LogP contribution is 2.34. The Labute approximate surface area is 111 Å². The van der Waals surface area contributed by atoms with Gasteiger partial charge in [-0.25, -0.2) is 13.6 Å². The van der Waals surface area contributed by atoms with Crippen LogP contribution in [0.1, 0.15) is 9.67 Å². The van der Waals surface area contributed by atoms with Gasteiger partial charge in [0.1, 0.15) is 11.9 Å². The number of hydrogen-bond acceptors (Lipinski definition) is 4. The van der Waals surface area contributed by atoms with Gasteiger partial charge in [-0.15, -0.1) is 11.3 Å². The Morgan fingerprint density at radius 2 is 2.33 bits per heavy atom. The molecule has 1 aliphatic rings. The van der Waals surface area contributed by atoms with E-state index >= 15 is 0 Å². The fraction of sp³-hybridized carbons (Fsp3) is 0.500. The maximum Gasteiger partial charge on any atom is 0.349 e. The number of nitrogens with zero attached hydrogens (tertiary/aromatic N) is 1. The molecule has 1 aromatic heterocycles. The van der Waals surface area contributed by atoms with E-state index in [9.17, 15) is 13.6 Å². The van der Waals surface area contributed by atoms with Gasteiger partial charge in [-0.1, -0.05) is 11.6 Å². The topological polar surface area (TPSA) is 49.8 Å². The first kappa shape index (κ1) is 13.5. The molecule has 1 N–H and O–H groups in total. The lowest BCUT2D eigenvalue weighted by Crippen LogP contribution is -2.55. The molecule has 2 rings (SSSR count).